The fourth-order valence-electron chi connectivity index (χ4n) is 1.76. The highest BCUT2D eigenvalue weighted by Gasteiger charge is 2.15. The largest absolute Gasteiger partial charge is 0.326 e. The Balaban J connectivity index is 2.50. The quantitative estimate of drug-likeness (QED) is 0.922. The minimum Gasteiger partial charge on any atom is -0.326 e. The van der Waals surface area contributed by atoms with Crippen LogP contribution in [0.25, 0.3) is 10.6 Å². The molecule has 0 fully saturated rings. The number of hydrogen-bond acceptors (Lipinski definition) is 3. The first-order valence-corrected chi connectivity index (χ1v) is 6.49. The highest BCUT2D eigenvalue weighted by atomic mass is 32.1. The van der Waals surface area contributed by atoms with E-state index in [1.165, 1.54) is 23.5 Å². The van der Waals surface area contributed by atoms with Crippen molar-refractivity contribution in [1.29, 1.82) is 0 Å². The Morgan fingerprint density at radius 1 is 1.22 bits per heavy atom. The average Bonchev–Trinajstić information content (AvgIpc) is 2.71. The van der Waals surface area contributed by atoms with Crippen LogP contribution < -0.4 is 5.73 Å². The summed E-state index contributed by atoms with van der Waals surface area (Å²) in [6.45, 7) is 4.43. The standard InChI is InChI=1S/C13H14F2N2S/c1-7(2)12-11(6-16)18-13(17-12)8-3-9(14)5-10(15)4-8/h3-5,7H,6,16H2,1-2H3. The maximum Gasteiger partial charge on any atom is 0.126 e. The third kappa shape index (κ3) is 2.57. The van der Waals surface area contributed by atoms with Gasteiger partial charge in [-0.05, 0) is 18.1 Å². The molecule has 0 amide bonds. The monoisotopic (exact) mass is 268 g/mol. The van der Waals surface area contributed by atoms with Crippen molar-refractivity contribution in [1.82, 2.24) is 4.98 Å². The van der Waals surface area contributed by atoms with Crippen molar-refractivity contribution in [3.05, 3.63) is 40.4 Å². The Labute approximate surface area is 108 Å². The van der Waals surface area contributed by atoms with E-state index >= 15 is 0 Å². The SMILES string of the molecule is CC(C)c1nc(-c2cc(F)cc(F)c2)sc1CN. The van der Waals surface area contributed by atoms with Gasteiger partial charge >= 0.3 is 0 Å². The second-order valence-corrected chi connectivity index (χ2v) is 5.43. The summed E-state index contributed by atoms with van der Waals surface area (Å²) in [7, 11) is 0. The van der Waals surface area contributed by atoms with Crippen LogP contribution in [0.3, 0.4) is 0 Å². The Kier molecular flexibility index (Phi) is 3.73. The van der Waals surface area contributed by atoms with E-state index in [1.54, 1.807) is 0 Å². The molecule has 2 nitrogen and oxygen atoms in total. The fourth-order valence-corrected chi connectivity index (χ4v) is 2.84. The van der Waals surface area contributed by atoms with Gasteiger partial charge in [0, 0.05) is 23.1 Å². The van der Waals surface area contributed by atoms with Gasteiger partial charge in [-0.25, -0.2) is 13.8 Å². The second kappa shape index (κ2) is 5.12. The zero-order valence-electron chi connectivity index (χ0n) is 10.2. The zero-order chi connectivity index (χ0) is 13.3. The van der Waals surface area contributed by atoms with Crippen LogP contribution in [0.5, 0.6) is 0 Å². The molecule has 1 heterocycles. The van der Waals surface area contributed by atoms with E-state index in [0.29, 0.717) is 17.1 Å². The first-order chi connectivity index (χ1) is 8.51. The van der Waals surface area contributed by atoms with Crippen molar-refractivity contribution in [2.45, 2.75) is 26.3 Å². The summed E-state index contributed by atoms with van der Waals surface area (Å²) >= 11 is 1.39. The normalized spacial score (nSPS) is 11.2. The highest BCUT2D eigenvalue weighted by molar-refractivity contribution is 7.15. The molecule has 0 aliphatic heterocycles. The maximum absolute atomic E-state index is 13.2. The predicted molar refractivity (Wildman–Crippen MR) is 69.4 cm³/mol. The molecule has 96 valence electrons. The van der Waals surface area contributed by atoms with E-state index in [-0.39, 0.29) is 5.92 Å². The van der Waals surface area contributed by atoms with Gasteiger partial charge in [0.2, 0.25) is 0 Å². The Morgan fingerprint density at radius 3 is 2.28 bits per heavy atom. The van der Waals surface area contributed by atoms with Gasteiger partial charge in [-0.2, -0.15) is 0 Å². The Bertz CT molecular complexity index is 544. The summed E-state index contributed by atoms with van der Waals surface area (Å²) in [4.78, 5) is 5.40. The second-order valence-electron chi connectivity index (χ2n) is 4.34. The van der Waals surface area contributed by atoms with Gasteiger partial charge in [-0.1, -0.05) is 13.8 Å². The van der Waals surface area contributed by atoms with Crippen LogP contribution in [-0.4, -0.2) is 4.98 Å². The van der Waals surface area contributed by atoms with Crippen molar-refractivity contribution in [3.8, 4) is 10.6 Å². The van der Waals surface area contributed by atoms with Crippen molar-refractivity contribution < 1.29 is 8.78 Å². The molecule has 5 heteroatoms. The van der Waals surface area contributed by atoms with Gasteiger partial charge in [0.05, 0.1) is 5.69 Å². The van der Waals surface area contributed by atoms with Crippen molar-refractivity contribution >= 4 is 11.3 Å². The lowest BCUT2D eigenvalue weighted by Gasteiger charge is -2.01. The molecule has 0 spiro atoms. The molecule has 0 atom stereocenters. The van der Waals surface area contributed by atoms with Crippen LogP contribution in [0, 0.1) is 11.6 Å². The molecular formula is C13H14F2N2S. The summed E-state index contributed by atoms with van der Waals surface area (Å²) in [5, 5.41) is 0.609. The number of nitrogens with two attached hydrogens (primary N) is 1. The van der Waals surface area contributed by atoms with E-state index < -0.39 is 11.6 Å². The Morgan fingerprint density at radius 2 is 1.83 bits per heavy atom. The van der Waals surface area contributed by atoms with Crippen molar-refractivity contribution in [3.63, 3.8) is 0 Å². The minimum atomic E-state index is -0.597. The third-order valence-corrected chi connectivity index (χ3v) is 3.71. The number of hydrogen-bond donors (Lipinski definition) is 1. The van der Waals surface area contributed by atoms with Crippen molar-refractivity contribution in [2.75, 3.05) is 0 Å². The van der Waals surface area contributed by atoms with Gasteiger partial charge in [0.15, 0.2) is 0 Å². The molecule has 0 aliphatic carbocycles. The number of rotatable bonds is 3. The molecule has 1 aromatic carbocycles. The van der Waals surface area contributed by atoms with Crippen LogP contribution in [-0.2, 0) is 6.54 Å². The number of halogens is 2. The summed E-state index contributed by atoms with van der Waals surface area (Å²) in [6.07, 6.45) is 0. The van der Waals surface area contributed by atoms with E-state index in [1.807, 2.05) is 13.8 Å². The molecule has 2 rings (SSSR count). The summed E-state index contributed by atoms with van der Waals surface area (Å²) < 4.78 is 26.3. The lowest BCUT2D eigenvalue weighted by Crippen LogP contribution is -1.99. The molecule has 0 unspecified atom stereocenters. The molecule has 2 N–H and O–H groups in total. The number of benzene rings is 1. The predicted octanol–water partition coefficient (Wildman–Crippen LogP) is 3.67. The first kappa shape index (κ1) is 13.1. The molecule has 18 heavy (non-hydrogen) atoms. The van der Waals surface area contributed by atoms with Crippen LogP contribution in [0.4, 0.5) is 8.78 Å². The minimum absolute atomic E-state index is 0.243. The van der Waals surface area contributed by atoms with Crippen LogP contribution in [0.1, 0.15) is 30.3 Å². The topological polar surface area (TPSA) is 38.9 Å². The summed E-state index contributed by atoms with van der Waals surface area (Å²) in [6, 6.07) is 3.42. The molecule has 2 aromatic rings. The first-order valence-electron chi connectivity index (χ1n) is 5.67. The van der Waals surface area contributed by atoms with Crippen LogP contribution >= 0.6 is 11.3 Å². The van der Waals surface area contributed by atoms with Gasteiger partial charge < -0.3 is 5.73 Å². The van der Waals surface area contributed by atoms with Gasteiger partial charge in [-0.15, -0.1) is 11.3 Å². The lowest BCUT2D eigenvalue weighted by molar-refractivity contribution is 0.584. The average molecular weight is 268 g/mol. The van der Waals surface area contributed by atoms with E-state index in [0.717, 1.165) is 16.6 Å². The molecule has 0 saturated carbocycles. The fraction of sp³-hybridized carbons (Fsp3) is 0.308. The van der Waals surface area contributed by atoms with Gasteiger partial charge in [0.1, 0.15) is 16.6 Å². The van der Waals surface area contributed by atoms with Crippen LogP contribution in [0.2, 0.25) is 0 Å². The van der Waals surface area contributed by atoms with E-state index in [4.69, 9.17) is 5.73 Å². The van der Waals surface area contributed by atoms with Crippen LogP contribution in [0.15, 0.2) is 18.2 Å². The number of nitrogens with zero attached hydrogens (tertiary/aromatic N) is 1. The van der Waals surface area contributed by atoms with E-state index in [2.05, 4.69) is 4.98 Å². The van der Waals surface area contributed by atoms with Gasteiger partial charge in [-0.3, -0.25) is 0 Å². The maximum atomic E-state index is 13.2. The molecule has 0 bridgehead atoms. The molecule has 0 radical (unpaired) electrons. The zero-order valence-corrected chi connectivity index (χ0v) is 11.0. The molecule has 0 aliphatic rings. The Hall–Kier alpha value is -1.33. The van der Waals surface area contributed by atoms with Gasteiger partial charge in [0.25, 0.3) is 0 Å². The van der Waals surface area contributed by atoms with E-state index in [9.17, 15) is 8.78 Å². The third-order valence-electron chi connectivity index (χ3n) is 2.57. The highest BCUT2D eigenvalue weighted by Crippen LogP contribution is 2.32. The molecular weight excluding hydrogens is 254 g/mol. The molecule has 0 saturated heterocycles. The summed E-state index contributed by atoms with van der Waals surface area (Å²) in [5.41, 5.74) is 7.02. The number of thiazole rings is 1. The lowest BCUT2D eigenvalue weighted by atomic mass is 10.1. The van der Waals surface area contributed by atoms with Crippen molar-refractivity contribution in [2.24, 2.45) is 5.73 Å². The number of aromatic nitrogens is 1. The summed E-state index contributed by atoms with van der Waals surface area (Å²) in [5.74, 6) is -0.951. The molecule has 1 aromatic heterocycles. The smallest absolute Gasteiger partial charge is 0.126 e.